The summed E-state index contributed by atoms with van der Waals surface area (Å²) in [5, 5.41) is 19.0. The van der Waals surface area contributed by atoms with Crippen LogP contribution >= 0.6 is 0 Å². The predicted octanol–water partition coefficient (Wildman–Crippen LogP) is 12.2. The lowest BCUT2D eigenvalue weighted by molar-refractivity contribution is -0.139. The Bertz CT molecular complexity index is 2360. The minimum absolute atomic E-state index is 0.0471. The zero-order chi connectivity index (χ0) is 43.9. The summed E-state index contributed by atoms with van der Waals surface area (Å²) in [6, 6.07) is 4.90. The number of benzene rings is 4. The molecule has 312 valence electrons. The van der Waals surface area contributed by atoms with Gasteiger partial charge in [0, 0.05) is 10.8 Å². The quantitative estimate of drug-likeness (QED) is 0.0766. The second-order valence-corrected chi connectivity index (χ2v) is 15.2. The monoisotopic (exact) mass is 836 g/mol. The van der Waals surface area contributed by atoms with Crippen LogP contribution in [0.2, 0.25) is 0 Å². The van der Waals surface area contributed by atoms with Gasteiger partial charge >= 0.3 is 24.7 Å². The SMILES string of the molecule is CC(C)(C)c1nc2cc(C(F)(F)F)c(-c3cc4oc(C(C)(C)C)nc4cc3C(F)(F)F)cc2o1.Nc1cc(C(F)(F)F)c(-c2cc(O)c(N)cc2C(F)(F)F)cc1O. The number of nitrogens with two attached hydrogens (primary N) is 2. The summed E-state index contributed by atoms with van der Waals surface area (Å²) in [6.45, 7) is 10.6. The molecule has 58 heavy (non-hydrogen) atoms. The van der Waals surface area contributed by atoms with E-state index in [1.54, 1.807) is 41.5 Å². The van der Waals surface area contributed by atoms with Gasteiger partial charge in [-0.15, -0.1) is 0 Å². The maximum Gasteiger partial charge on any atom is 0.417 e. The lowest BCUT2D eigenvalue weighted by Crippen LogP contribution is -2.12. The summed E-state index contributed by atoms with van der Waals surface area (Å²) in [4.78, 5) is 8.25. The van der Waals surface area contributed by atoms with E-state index in [0.29, 0.717) is 36.4 Å². The van der Waals surface area contributed by atoms with Gasteiger partial charge in [0.15, 0.2) is 11.2 Å². The Kier molecular flexibility index (Phi) is 10.4. The van der Waals surface area contributed by atoms with Crippen LogP contribution in [0, 0.1) is 0 Å². The third kappa shape index (κ3) is 8.69. The van der Waals surface area contributed by atoms with Crippen molar-refractivity contribution in [1.29, 1.82) is 0 Å². The van der Waals surface area contributed by atoms with Crippen LogP contribution in [0.5, 0.6) is 11.5 Å². The molecule has 8 nitrogen and oxygen atoms in total. The van der Waals surface area contributed by atoms with E-state index in [-0.39, 0.29) is 34.0 Å². The minimum atomic E-state index is -5.04. The van der Waals surface area contributed by atoms with Crippen molar-refractivity contribution < 1.29 is 71.7 Å². The molecule has 0 aliphatic heterocycles. The number of phenolic OH excluding ortho intramolecular Hbond substituents is 2. The van der Waals surface area contributed by atoms with Crippen molar-refractivity contribution in [3.63, 3.8) is 0 Å². The second kappa shape index (κ2) is 13.9. The van der Waals surface area contributed by atoms with E-state index in [2.05, 4.69) is 9.97 Å². The maximum absolute atomic E-state index is 14.0. The molecule has 0 saturated carbocycles. The third-order valence-corrected chi connectivity index (χ3v) is 8.47. The smallest absolute Gasteiger partial charge is 0.417 e. The average Bonchev–Trinajstić information content (AvgIpc) is 3.69. The van der Waals surface area contributed by atoms with Gasteiger partial charge in [-0.1, -0.05) is 41.5 Å². The molecule has 0 aliphatic carbocycles. The van der Waals surface area contributed by atoms with Crippen molar-refractivity contribution in [2.24, 2.45) is 0 Å². The maximum atomic E-state index is 14.0. The fraction of sp³-hybridized carbons (Fsp3) is 0.316. The van der Waals surface area contributed by atoms with Gasteiger partial charge in [0.25, 0.3) is 0 Å². The molecule has 6 aromatic rings. The number of alkyl halides is 12. The molecule has 20 heteroatoms. The van der Waals surface area contributed by atoms with Crippen molar-refractivity contribution in [2.45, 2.75) is 77.1 Å². The standard InChI is InChI=1S/C24H22F6N2O2.C14H10F6N2O2/c1-21(2,3)19-31-15-9-13(23(25,26)27)11(7-17(15)33-19)12-8-18-16(10-14(12)24(28,29)30)32-20(34-18)22(4,5)6;15-13(16,17)7-3-9(21)11(23)1-5(7)6-2-12(24)10(22)4-8(6)14(18,19)20/h7-10H,1-6H3;1-4,23-24H,21-22H2. The predicted molar refractivity (Wildman–Crippen MR) is 188 cm³/mol. The Morgan fingerprint density at radius 3 is 0.948 bits per heavy atom. The highest BCUT2D eigenvalue weighted by atomic mass is 19.4. The molecular weight excluding hydrogens is 804 g/mol. The fourth-order valence-corrected chi connectivity index (χ4v) is 5.63. The van der Waals surface area contributed by atoms with Gasteiger partial charge in [-0.25, -0.2) is 9.97 Å². The number of nitrogens with zero attached hydrogens (tertiary/aromatic N) is 2. The van der Waals surface area contributed by atoms with Crippen molar-refractivity contribution in [3.8, 4) is 33.8 Å². The molecule has 0 atom stereocenters. The number of hydrogen-bond donors (Lipinski definition) is 4. The van der Waals surface area contributed by atoms with E-state index < -0.39 is 103 Å². The average molecular weight is 837 g/mol. The van der Waals surface area contributed by atoms with E-state index in [1.807, 2.05) is 0 Å². The first-order chi connectivity index (χ1) is 26.2. The molecule has 4 aromatic carbocycles. The number of rotatable bonds is 2. The molecule has 0 saturated heterocycles. The van der Waals surface area contributed by atoms with E-state index in [1.165, 1.54) is 0 Å². The molecule has 0 amide bonds. The molecule has 0 aliphatic rings. The van der Waals surface area contributed by atoms with Crippen molar-refractivity contribution in [3.05, 3.63) is 82.6 Å². The fourth-order valence-electron chi connectivity index (χ4n) is 5.63. The van der Waals surface area contributed by atoms with Crippen LogP contribution in [-0.2, 0) is 35.5 Å². The molecule has 0 spiro atoms. The minimum Gasteiger partial charge on any atom is -0.506 e. The number of nitrogen functional groups attached to an aromatic ring is 2. The van der Waals surface area contributed by atoms with E-state index in [0.717, 1.165) is 12.1 Å². The lowest BCUT2D eigenvalue weighted by Gasteiger charge is -2.19. The zero-order valence-electron chi connectivity index (χ0n) is 30.9. The van der Waals surface area contributed by atoms with Crippen molar-refractivity contribution in [1.82, 2.24) is 9.97 Å². The van der Waals surface area contributed by atoms with Gasteiger partial charge < -0.3 is 30.5 Å². The van der Waals surface area contributed by atoms with Crippen LogP contribution in [0.4, 0.5) is 64.1 Å². The Labute approximate surface area is 320 Å². The number of aromatic hydroxyl groups is 2. The Morgan fingerprint density at radius 2 is 0.690 bits per heavy atom. The first kappa shape index (κ1) is 43.3. The highest BCUT2D eigenvalue weighted by molar-refractivity contribution is 5.89. The Hall–Kier alpha value is -5.82. The van der Waals surface area contributed by atoms with Crippen molar-refractivity contribution >= 4 is 33.6 Å². The number of fused-ring (bicyclic) bond motifs is 2. The summed E-state index contributed by atoms with van der Waals surface area (Å²) in [5.41, 5.74) is -1.25. The number of anilines is 2. The zero-order valence-corrected chi connectivity index (χ0v) is 30.9. The van der Waals surface area contributed by atoms with Crippen molar-refractivity contribution in [2.75, 3.05) is 11.5 Å². The van der Waals surface area contributed by atoms with E-state index in [4.69, 9.17) is 20.3 Å². The van der Waals surface area contributed by atoms with E-state index >= 15 is 0 Å². The van der Waals surface area contributed by atoms with Crippen LogP contribution in [-0.4, -0.2) is 20.2 Å². The summed E-state index contributed by atoms with van der Waals surface area (Å²) >= 11 is 0. The van der Waals surface area contributed by atoms with Gasteiger partial charge in [-0.3, -0.25) is 0 Å². The molecular formula is C38H32F12N4O4. The van der Waals surface area contributed by atoms with Gasteiger partial charge in [0.2, 0.25) is 11.8 Å². The van der Waals surface area contributed by atoms with Crippen LogP contribution in [0.15, 0.2) is 57.4 Å². The largest absolute Gasteiger partial charge is 0.506 e. The van der Waals surface area contributed by atoms with Crippen LogP contribution in [0.25, 0.3) is 44.5 Å². The molecule has 6 N–H and O–H groups in total. The summed E-state index contributed by atoms with van der Waals surface area (Å²) in [7, 11) is 0. The number of hydrogen-bond acceptors (Lipinski definition) is 8. The number of oxazole rings is 2. The van der Waals surface area contributed by atoms with E-state index in [9.17, 15) is 62.9 Å². The van der Waals surface area contributed by atoms with Gasteiger partial charge in [-0.2, -0.15) is 52.7 Å². The molecule has 0 unspecified atom stereocenters. The summed E-state index contributed by atoms with van der Waals surface area (Å²) in [6.07, 6.45) is -20.0. The third-order valence-electron chi connectivity index (χ3n) is 8.47. The van der Waals surface area contributed by atoms with Crippen LogP contribution in [0.1, 0.15) is 75.6 Å². The number of phenols is 2. The highest BCUT2D eigenvalue weighted by Gasteiger charge is 2.42. The number of halogens is 12. The summed E-state index contributed by atoms with van der Waals surface area (Å²) in [5.74, 6) is -1.32. The van der Waals surface area contributed by atoms with Crippen LogP contribution < -0.4 is 11.5 Å². The Balaban J connectivity index is 0.000000235. The Morgan fingerprint density at radius 1 is 0.431 bits per heavy atom. The highest BCUT2D eigenvalue weighted by Crippen LogP contribution is 2.49. The molecule has 0 radical (unpaired) electrons. The normalized spacial score (nSPS) is 13.3. The lowest BCUT2D eigenvalue weighted by atomic mass is 9.93. The molecule has 2 aromatic heterocycles. The summed E-state index contributed by atoms with van der Waals surface area (Å²) < 4.78 is 174. The topological polar surface area (TPSA) is 145 Å². The molecule has 2 heterocycles. The molecule has 0 bridgehead atoms. The van der Waals surface area contributed by atoms with Crippen LogP contribution in [0.3, 0.4) is 0 Å². The van der Waals surface area contributed by atoms with Gasteiger partial charge in [0.05, 0.1) is 33.6 Å². The van der Waals surface area contributed by atoms with Gasteiger partial charge in [-0.05, 0) is 70.8 Å². The molecule has 6 rings (SSSR count). The first-order valence-corrected chi connectivity index (χ1v) is 16.6. The second-order valence-electron chi connectivity index (χ2n) is 15.2. The molecule has 0 fully saturated rings. The first-order valence-electron chi connectivity index (χ1n) is 16.6. The van der Waals surface area contributed by atoms with Gasteiger partial charge in [0.1, 0.15) is 22.5 Å². The number of aromatic nitrogens is 2.